The van der Waals surface area contributed by atoms with Crippen molar-refractivity contribution >= 4 is 28.6 Å². The summed E-state index contributed by atoms with van der Waals surface area (Å²) in [6.45, 7) is 10.7. The van der Waals surface area contributed by atoms with Crippen molar-refractivity contribution in [1.29, 1.82) is 0 Å². The van der Waals surface area contributed by atoms with Gasteiger partial charge < -0.3 is 14.4 Å². The first-order valence-corrected chi connectivity index (χ1v) is 14.9. The molecule has 1 N–H and O–H groups in total. The lowest BCUT2D eigenvalue weighted by molar-refractivity contribution is 0.0635. The summed E-state index contributed by atoms with van der Waals surface area (Å²) in [5, 5.41) is 8.18. The molecule has 11 heteroatoms. The van der Waals surface area contributed by atoms with E-state index in [-0.39, 0.29) is 11.7 Å². The molecule has 226 valence electrons. The van der Waals surface area contributed by atoms with E-state index in [1.165, 1.54) is 17.7 Å². The maximum atomic E-state index is 15.2. The normalized spacial score (nSPS) is 16.9. The lowest BCUT2D eigenvalue weighted by Gasteiger charge is -2.32. The number of nitrogens with one attached hydrogen (secondary N) is 1. The van der Waals surface area contributed by atoms with Gasteiger partial charge >= 0.3 is 6.09 Å². The van der Waals surface area contributed by atoms with Gasteiger partial charge in [0.15, 0.2) is 11.5 Å². The Morgan fingerprint density at radius 1 is 1.05 bits per heavy atom. The average molecular weight is 588 g/mol. The molecule has 2 fully saturated rings. The van der Waals surface area contributed by atoms with Crippen molar-refractivity contribution in [1.82, 2.24) is 24.6 Å². The van der Waals surface area contributed by atoms with Gasteiger partial charge in [-0.15, -0.1) is 0 Å². The molecule has 0 atom stereocenters. The molecule has 2 aliphatic rings. The number of aromatic nitrogens is 4. The van der Waals surface area contributed by atoms with Crippen molar-refractivity contribution in [3.8, 4) is 11.4 Å². The molecule has 4 heterocycles. The molecule has 0 unspecified atom stereocenters. The summed E-state index contributed by atoms with van der Waals surface area (Å²) >= 11 is 0. The van der Waals surface area contributed by atoms with E-state index in [2.05, 4.69) is 39.4 Å². The fourth-order valence-electron chi connectivity index (χ4n) is 5.66. The first-order valence-electron chi connectivity index (χ1n) is 14.9. The van der Waals surface area contributed by atoms with Gasteiger partial charge in [0.2, 0.25) is 0 Å². The summed E-state index contributed by atoms with van der Waals surface area (Å²) in [5.41, 5.74) is 1.90. The molecule has 43 heavy (non-hydrogen) atoms. The number of hydrogen-bond donors (Lipinski definition) is 1. The van der Waals surface area contributed by atoms with Gasteiger partial charge in [0.05, 0.1) is 36.5 Å². The Bertz CT molecular complexity index is 1570. The molecule has 0 radical (unpaired) electrons. The molecule has 6 rings (SSSR count). The monoisotopic (exact) mass is 587 g/mol. The highest BCUT2D eigenvalue weighted by Crippen LogP contribution is 2.33. The van der Waals surface area contributed by atoms with E-state index >= 15 is 4.39 Å². The molecular weight excluding hydrogens is 549 g/mol. The van der Waals surface area contributed by atoms with E-state index in [4.69, 9.17) is 24.5 Å². The standard InChI is InChI=1S/C32H38FN7O3/c1-32(2,3)43-31(41)35-27-10-9-23(19-26(27)33)28-36-29(39-15-17-42-18-16-39)25-20-34-40(30(25)37-28)24-11-13-38(14-12-24)21-22-7-5-4-6-8-22/h4-10,19-20,24H,11-18,21H2,1-3H3,(H,35,41). The van der Waals surface area contributed by atoms with E-state index in [1.807, 2.05) is 16.9 Å². The second kappa shape index (κ2) is 12.3. The zero-order chi connectivity index (χ0) is 30.0. The van der Waals surface area contributed by atoms with E-state index in [0.717, 1.165) is 49.3 Å². The van der Waals surface area contributed by atoms with E-state index in [0.29, 0.717) is 37.7 Å². The van der Waals surface area contributed by atoms with Crippen LogP contribution in [0.3, 0.4) is 0 Å². The van der Waals surface area contributed by atoms with Crippen LogP contribution in [0.4, 0.5) is 20.7 Å². The molecule has 2 saturated heterocycles. The minimum Gasteiger partial charge on any atom is -0.444 e. The average Bonchev–Trinajstić information content (AvgIpc) is 3.42. The molecule has 2 aromatic carbocycles. The number of amides is 1. The van der Waals surface area contributed by atoms with Gasteiger partial charge in [-0.05, 0) is 57.4 Å². The number of likely N-dealkylation sites (tertiary alicyclic amines) is 1. The fraction of sp³-hybridized carbons (Fsp3) is 0.438. The van der Waals surface area contributed by atoms with Gasteiger partial charge in [0.25, 0.3) is 0 Å². The summed E-state index contributed by atoms with van der Waals surface area (Å²) in [5.74, 6) is 0.576. The first-order chi connectivity index (χ1) is 20.7. The second-order valence-corrected chi connectivity index (χ2v) is 12.1. The Hall–Kier alpha value is -4.09. The van der Waals surface area contributed by atoms with Gasteiger partial charge in [0, 0.05) is 38.3 Å². The molecule has 4 aromatic rings. The number of hydrogen-bond acceptors (Lipinski definition) is 8. The van der Waals surface area contributed by atoms with Crippen LogP contribution < -0.4 is 10.2 Å². The van der Waals surface area contributed by atoms with Gasteiger partial charge in [-0.2, -0.15) is 5.10 Å². The lowest BCUT2D eigenvalue weighted by atomic mass is 10.0. The number of anilines is 2. The Balaban J connectivity index is 1.28. The van der Waals surface area contributed by atoms with Crippen LogP contribution >= 0.6 is 0 Å². The third-order valence-electron chi connectivity index (χ3n) is 7.76. The van der Waals surface area contributed by atoms with E-state index < -0.39 is 17.5 Å². The molecule has 1 amide bonds. The molecule has 2 aromatic heterocycles. The van der Waals surface area contributed by atoms with Crippen LogP contribution in [0.2, 0.25) is 0 Å². The SMILES string of the molecule is CC(C)(C)OC(=O)Nc1ccc(-c2nc(N3CCOCC3)c3cnn(C4CCN(Cc5ccccc5)CC4)c3n2)cc1F. The number of fused-ring (bicyclic) bond motifs is 1. The van der Waals surface area contributed by atoms with E-state index in [1.54, 1.807) is 26.8 Å². The highest BCUT2D eigenvalue weighted by molar-refractivity contribution is 5.89. The molecule has 0 saturated carbocycles. The number of halogens is 1. The fourth-order valence-corrected chi connectivity index (χ4v) is 5.66. The maximum absolute atomic E-state index is 15.2. The number of morpholine rings is 1. The summed E-state index contributed by atoms with van der Waals surface area (Å²) in [7, 11) is 0. The van der Waals surface area contributed by atoms with Gasteiger partial charge in [-0.25, -0.2) is 23.8 Å². The van der Waals surface area contributed by atoms with Crippen LogP contribution in [0.25, 0.3) is 22.4 Å². The van der Waals surface area contributed by atoms with Crippen LogP contribution in [0.1, 0.15) is 45.2 Å². The minimum absolute atomic E-state index is 0.0276. The Morgan fingerprint density at radius 2 is 1.79 bits per heavy atom. The largest absolute Gasteiger partial charge is 0.444 e. The van der Waals surface area contributed by atoms with Gasteiger partial charge in [-0.3, -0.25) is 10.2 Å². The van der Waals surface area contributed by atoms with Crippen molar-refractivity contribution in [2.45, 2.75) is 51.8 Å². The van der Waals surface area contributed by atoms with Crippen molar-refractivity contribution in [3.63, 3.8) is 0 Å². The minimum atomic E-state index is -0.717. The Labute approximate surface area is 250 Å². The topological polar surface area (TPSA) is 97.6 Å². The summed E-state index contributed by atoms with van der Waals surface area (Å²) < 4.78 is 28.1. The Kier molecular flexibility index (Phi) is 8.27. The number of carbonyl (C=O) groups excluding carboxylic acids is 1. The zero-order valence-electron chi connectivity index (χ0n) is 24.9. The first kappa shape index (κ1) is 29.0. The van der Waals surface area contributed by atoms with Crippen molar-refractivity contribution in [2.24, 2.45) is 0 Å². The van der Waals surface area contributed by atoms with Gasteiger partial charge in [-0.1, -0.05) is 30.3 Å². The quantitative estimate of drug-likeness (QED) is 0.309. The van der Waals surface area contributed by atoms with Gasteiger partial charge in [0.1, 0.15) is 17.2 Å². The van der Waals surface area contributed by atoms with Crippen molar-refractivity contribution in [3.05, 3.63) is 66.1 Å². The third kappa shape index (κ3) is 6.78. The number of nitrogens with zero attached hydrogens (tertiary/aromatic N) is 6. The van der Waals surface area contributed by atoms with E-state index in [9.17, 15) is 4.79 Å². The number of rotatable bonds is 6. The predicted molar refractivity (Wildman–Crippen MR) is 164 cm³/mol. The molecule has 0 bridgehead atoms. The number of carbonyl (C=O) groups is 1. The number of benzene rings is 2. The lowest BCUT2D eigenvalue weighted by Crippen LogP contribution is -2.37. The molecular formula is C32H38FN7O3. The predicted octanol–water partition coefficient (Wildman–Crippen LogP) is 5.65. The maximum Gasteiger partial charge on any atom is 0.412 e. The summed E-state index contributed by atoms with van der Waals surface area (Å²) in [6.07, 6.45) is 3.05. The van der Waals surface area contributed by atoms with Crippen LogP contribution in [0, 0.1) is 5.82 Å². The Morgan fingerprint density at radius 3 is 2.49 bits per heavy atom. The zero-order valence-corrected chi connectivity index (χ0v) is 24.9. The van der Waals surface area contributed by atoms with Crippen LogP contribution in [-0.2, 0) is 16.0 Å². The molecule has 10 nitrogen and oxygen atoms in total. The smallest absolute Gasteiger partial charge is 0.412 e. The summed E-state index contributed by atoms with van der Waals surface area (Å²) in [4.78, 5) is 26.7. The van der Waals surface area contributed by atoms with Crippen molar-refractivity contribution < 1.29 is 18.7 Å². The molecule has 0 spiro atoms. The van der Waals surface area contributed by atoms with Crippen LogP contribution in [0.15, 0.2) is 54.7 Å². The van der Waals surface area contributed by atoms with Crippen LogP contribution in [-0.4, -0.2) is 75.7 Å². The molecule has 2 aliphatic heterocycles. The number of ether oxygens (including phenoxy) is 2. The third-order valence-corrected chi connectivity index (χ3v) is 7.76. The highest BCUT2D eigenvalue weighted by atomic mass is 19.1. The summed E-state index contributed by atoms with van der Waals surface area (Å²) in [6, 6.07) is 15.3. The van der Waals surface area contributed by atoms with Crippen molar-refractivity contribution in [2.75, 3.05) is 49.6 Å². The number of piperidine rings is 1. The second-order valence-electron chi connectivity index (χ2n) is 12.1. The molecule has 0 aliphatic carbocycles. The highest BCUT2D eigenvalue weighted by Gasteiger charge is 2.27. The van der Waals surface area contributed by atoms with Crippen LogP contribution in [0.5, 0.6) is 0 Å².